The van der Waals surface area contributed by atoms with E-state index in [1.807, 2.05) is 43.3 Å². The number of aryl methyl sites for hydroxylation is 1. The Labute approximate surface area is 129 Å². The molecule has 0 aliphatic rings. The molecule has 0 unspecified atom stereocenters. The second-order valence-electron chi connectivity index (χ2n) is 5.15. The van der Waals surface area contributed by atoms with Crippen LogP contribution in [0.3, 0.4) is 0 Å². The van der Waals surface area contributed by atoms with Gasteiger partial charge in [-0.2, -0.15) is 5.10 Å². The fraction of sp³-hybridized carbons (Fsp3) is 0.250. The fourth-order valence-electron chi connectivity index (χ4n) is 2.22. The highest BCUT2D eigenvalue weighted by molar-refractivity contribution is 5.37. The highest BCUT2D eigenvalue weighted by Gasteiger charge is 2.09. The van der Waals surface area contributed by atoms with E-state index in [9.17, 15) is 0 Å². The minimum atomic E-state index is 0.651. The zero-order chi connectivity index (χ0) is 15.4. The third-order valence-electron chi connectivity index (χ3n) is 3.47. The number of benzene rings is 1. The molecule has 0 aliphatic heterocycles. The maximum atomic E-state index is 4.64. The van der Waals surface area contributed by atoms with Crippen LogP contribution in [-0.4, -0.2) is 31.8 Å². The SMILES string of the molecule is CN(Cc1ncnn1C)c1ccnc(Cc2ccccc2)n1. The molecule has 0 radical (unpaired) electrons. The van der Waals surface area contributed by atoms with Crippen LogP contribution < -0.4 is 4.90 Å². The number of rotatable bonds is 5. The van der Waals surface area contributed by atoms with Gasteiger partial charge in [-0.1, -0.05) is 30.3 Å². The van der Waals surface area contributed by atoms with E-state index < -0.39 is 0 Å². The Kier molecular flexibility index (Phi) is 4.09. The topological polar surface area (TPSA) is 59.7 Å². The van der Waals surface area contributed by atoms with Crippen molar-refractivity contribution < 1.29 is 0 Å². The highest BCUT2D eigenvalue weighted by atomic mass is 15.3. The van der Waals surface area contributed by atoms with Crippen LogP contribution in [0.25, 0.3) is 0 Å². The summed E-state index contributed by atoms with van der Waals surface area (Å²) in [4.78, 5) is 15.3. The van der Waals surface area contributed by atoms with Crippen LogP contribution in [-0.2, 0) is 20.0 Å². The summed E-state index contributed by atoms with van der Waals surface area (Å²) in [7, 11) is 3.88. The lowest BCUT2D eigenvalue weighted by Crippen LogP contribution is -2.21. The van der Waals surface area contributed by atoms with Gasteiger partial charge in [0.05, 0.1) is 6.54 Å². The molecule has 0 spiro atoms. The number of aromatic nitrogens is 5. The zero-order valence-electron chi connectivity index (χ0n) is 12.7. The van der Waals surface area contributed by atoms with E-state index in [4.69, 9.17) is 0 Å². The molecule has 0 amide bonds. The van der Waals surface area contributed by atoms with Crippen molar-refractivity contribution in [2.75, 3.05) is 11.9 Å². The summed E-state index contributed by atoms with van der Waals surface area (Å²) in [5, 5.41) is 4.08. The van der Waals surface area contributed by atoms with Crippen molar-refractivity contribution in [2.45, 2.75) is 13.0 Å². The van der Waals surface area contributed by atoms with E-state index in [-0.39, 0.29) is 0 Å². The van der Waals surface area contributed by atoms with Crippen molar-refractivity contribution in [1.29, 1.82) is 0 Å². The highest BCUT2D eigenvalue weighted by Crippen LogP contribution is 2.12. The minimum Gasteiger partial charge on any atom is -0.352 e. The molecule has 6 nitrogen and oxygen atoms in total. The second-order valence-corrected chi connectivity index (χ2v) is 5.15. The van der Waals surface area contributed by atoms with E-state index >= 15 is 0 Å². The molecule has 0 atom stereocenters. The van der Waals surface area contributed by atoms with Gasteiger partial charge in [0.15, 0.2) is 0 Å². The average molecular weight is 294 g/mol. The van der Waals surface area contributed by atoms with Crippen molar-refractivity contribution in [3.05, 3.63) is 66.1 Å². The normalized spacial score (nSPS) is 10.6. The average Bonchev–Trinajstić information content (AvgIpc) is 2.94. The monoisotopic (exact) mass is 294 g/mol. The van der Waals surface area contributed by atoms with E-state index in [0.717, 1.165) is 23.9 Å². The first-order valence-corrected chi connectivity index (χ1v) is 7.12. The van der Waals surface area contributed by atoms with Crippen LogP contribution in [0.5, 0.6) is 0 Å². The molecule has 0 fully saturated rings. The minimum absolute atomic E-state index is 0.651. The smallest absolute Gasteiger partial charge is 0.146 e. The zero-order valence-corrected chi connectivity index (χ0v) is 12.7. The van der Waals surface area contributed by atoms with Crippen molar-refractivity contribution in [1.82, 2.24) is 24.7 Å². The standard InChI is InChI=1S/C16H18N6/c1-21(11-16-18-12-19-22(16)2)15-8-9-17-14(20-15)10-13-6-4-3-5-7-13/h3-9,12H,10-11H2,1-2H3. The molecule has 2 aromatic heterocycles. The predicted octanol–water partition coefficient (Wildman–Crippen LogP) is 1.83. The quantitative estimate of drug-likeness (QED) is 0.718. The first-order valence-electron chi connectivity index (χ1n) is 7.12. The molecule has 6 heteroatoms. The van der Waals surface area contributed by atoms with Crippen LogP contribution in [0.1, 0.15) is 17.2 Å². The molecule has 22 heavy (non-hydrogen) atoms. The van der Waals surface area contributed by atoms with Gasteiger partial charge in [-0.15, -0.1) is 0 Å². The van der Waals surface area contributed by atoms with Gasteiger partial charge in [0.2, 0.25) is 0 Å². The van der Waals surface area contributed by atoms with Crippen LogP contribution in [0.15, 0.2) is 48.9 Å². The molecule has 0 N–H and O–H groups in total. The van der Waals surface area contributed by atoms with E-state index in [2.05, 4.69) is 32.2 Å². The molecular weight excluding hydrogens is 276 g/mol. The number of anilines is 1. The molecule has 0 saturated heterocycles. The summed E-state index contributed by atoms with van der Waals surface area (Å²) in [5.74, 6) is 2.59. The molecular formula is C16H18N6. The van der Waals surface area contributed by atoms with E-state index in [1.54, 1.807) is 17.2 Å². The van der Waals surface area contributed by atoms with Crippen LogP contribution in [0, 0.1) is 0 Å². The molecule has 0 aliphatic carbocycles. The Bertz CT molecular complexity index is 737. The van der Waals surface area contributed by atoms with Gasteiger partial charge in [0.25, 0.3) is 0 Å². The Morgan fingerprint density at radius 3 is 2.64 bits per heavy atom. The van der Waals surface area contributed by atoms with Gasteiger partial charge in [-0.05, 0) is 11.6 Å². The van der Waals surface area contributed by atoms with Crippen LogP contribution in [0.4, 0.5) is 5.82 Å². The maximum absolute atomic E-state index is 4.64. The van der Waals surface area contributed by atoms with Crippen molar-refractivity contribution >= 4 is 5.82 Å². The van der Waals surface area contributed by atoms with Crippen molar-refractivity contribution in [3.8, 4) is 0 Å². The lowest BCUT2D eigenvalue weighted by atomic mass is 10.1. The van der Waals surface area contributed by atoms with Crippen molar-refractivity contribution in [3.63, 3.8) is 0 Å². The lowest BCUT2D eigenvalue weighted by Gasteiger charge is -2.17. The molecule has 2 heterocycles. The first kappa shape index (κ1) is 14.2. The van der Waals surface area contributed by atoms with Gasteiger partial charge in [0, 0.05) is 26.7 Å². The number of hydrogen-bond acceptors (Lipinski definition) is 5. The predicted molar refractivity (Wildman–Crippen MR) is 84.4 cm³/mol. The van der Waals surface area contributed by atoms with Gasteiger partial charge in [-0.3, -0.25) is 4.68 Å². The Morgan fingerprint density at radius 1 is 1.09 bits per heavy atom. The fourth-order valence-corrected chi connectivity index (χ4v) is 2.22. The summed E-state index contributed by atoms with van der Waals surface area (Å²) < 4.78 is 1.77. The van der Waals surface area contributed by atoms with E-state index in [0.29, 0.717) is 6.54 Å². The third-order valence-corrected chi connectivity index (χ3v) is 3.47. The number of hydrogen-bond donors (Lipinski definition) is 0. The summed E-state index contributed by atoms with van der Waals surface area (Å²) in [6.07, 6.45) is 4.09. The van der Waals surface area contributed by atoms with Crippen LogP contribution in [0.2, 0.25) is 0 Å². The molecule has 3 aromatic rings. The Hall–Kier alpha value is -2.76. The summed E-state index contributed by atoms with van der Waals surface area (Å²) >= 11 is 0. The van der Waals surface area contributed by atoms with Gasteiger partial charge in [0.1, 0.15) is 23.8 Å². The third kappa shape index (κ3) is 3.28. The van der Waals surface area contributed by atoms with Gasteiger partial charge < -0.3 is 4.90 Å². The summed E-state index contributed by atoms with van der Waals surface area (Å²) in [6.45, 7) is 0.651. The summed E-state index contributed by atoms with van der Waals surface area (Å²) in [5.41, 5.74) is 1.20. The molecule has 0 bridgehead atoms. The van der Waals surface area contributed by atoms with Crippen molar-refractivity contribution in [2.24, 2.45) is 7.05 Å². The molecule has 112 valence electrons. The molecule has 1 aromatic carbocycles. The first-order chi connectivity index (χ1) is 10.7. The second kappa shape index (κ2) is 6.34. The van der Waals surface area contributed by atoms with Crippen LogP contribution >= 0.6 is 0 Å². The largest absolute Gasteiger partial charge is 0.352 e. The Morgan fingerprint density at radius 2 is 1.91 bits per heavy atom. The number of nitrogens with zero attached hydrogens (tertiary/aromatic N) is 6. The lowest BCUT2D eigenvalue weighted by molar-refractivity contribution is 0.685. The van der Waals surface area contributed by atoms with Gasteiger partial charge in [-0.25, -0.2) is 15.0 Å². The maximum Gasteiger partial charge on any atom is 0.146 e. The summed E-state index contributed by atoms with van der Waals surface area (Å²) in [6, 6.07) is 12.1. The Balaban J connectivity index is 1.74. The molecule has 0 saturated carbocycles. The van der Waals surface area contributed by atoms with Gasteiger partial charge >= 0.3 is 0 Å². The van der Waals surface area contributed by atoms with E-state index in [1.165, 1.54) is 5.56 Å². The molecule has 3 rings (SSSR count).